The summed E-state index contributed by atoms with van der Waals surface area (Å²) in [5.41, 5.74) is 1.31. The first-order valence-corrected chi connectivity index (χ1v) is 9.82. The van der Waals surface area contributed by atoms with Crippen molar-refractivity contribution in [3.63, 3.8) is 0 Å². The van der Waals surface area contributed by atoms with Crippen molar-refractivity contribution in [2.24, 2.45) is 0 Å². The van der Waals surface area contributed by atoms with E-state index in [-0.39, 0.29) is 6.61 Å². The Bertz CT molecular complexity index is 781. The Kier molecular flexibility index (Phi) is 8.19. The third-order valence-electron chi connectivity index (χ3n) is 4.05. The Morgan fingerprint density at radius 1 is 1.04 bits per heavy atom. The molecule has 0 radical (unpaired) electrons. The molecule has 0 bridgehead atoms. The Morgan fingerprint density at radius 3 is 2.39 bits per heavy atom. The number of carbonyl (C=O) groups is 4. The summed E-state index contributed by atoms with van der Waals surface area (Å²) in [6, 6.07) is 0. The largest absolute Gasteiger partial charge is 0.465 e. The van der Waals surface area contributed by atoms with Gasteiger partial charge in [0, 0.05) is 17.0 Å². The van der Waals surface area contributed by atoms with Gasteiger partial charge >= 0.3 is 17.9 Å². The van der Waals surface area contributed by atoms with Crippen LogP contribution in [0.25, 0.3) is 0 Å². The summed E-state index contributed by atoms with van der Waals surface area (Å²) < 4.78 is 14.3. The van der Waals surface area contributed by atoms with Gasteiger partial charge in [-0.15, -0.1) is 11.3 Å². The van der Waals surface area contributed by atoms with Crippen molar-refractivity contribution in [2.75, 3.05) is 25.6 Å². The fourth-order valence-corrected chi connectivity index (χ4v) is 4.12. The predicted octanol–water partition coefficient (Wildman–Crippen LogP) is 2.40. The van der Waals surface area contributed by atoms with Gasteiger partial charge in [-0.3, -0.25) is 4.79 Å². The van der Waals surface area contributed by atoms with E-state index in [0.717, 1.165) is 54.7 Å². The van der Waals surface area contributed by atoms with Gasteiger partial charge < -0.3 is 19.5 Å². The lowest BCUT2D eigenvalue weighted by Crippen LogP contribution is -2.21. The van der Waals surface area contributed by atoms with E-state index in [0.29, 0.717) is 10.6 Å². The van der Waals surface area contributed by atoms with Crippen LogP contribution in [-0.2, 0) is 41.4 Å². The van der Waals surface area contributed by atoms with Crippen molar-refractivity contribution >= 4 is 40.2 Å². The van der Waals surface area contributed by atoms with Gasteiger partial charge in [0.15, 0.2) is 6.61 Å². The van der Waals surface area contributed by atoms with Crippen LogP contribution in [0.4, 0.5) is 5.00 Å². The van der Waals surface area contributed by atoms with Crippen LogP contribution in [0, 0.1) is 0 Å². The lowest BCUT2D eigenvalue weighted by Gasteiger charge is -2.07. The van der Waals surface area contributed by atoms with Gasteiger partial charge in [-0.05, 0) is 38.2 Å². The molecule has 1 aliphatic rings. The van der Waals surface area contributed by atoms with Gasteiger partial charge in [0.2, 0.25) is 0 Å². The molecule has 0 saturated carbocycles. The number of ether oxygens (including phenoxy) is 3. The standard InChI is InChI=1S/C19H23NO7S/c1-3-26-15(22)9-10-16(23)27-11-14(21)20-18-17(19(24)25-2)12-7-5-4-6-8-13(12)28-18/h9-10H,3-8,11H2,1-2H3,(H,20,21)/b10-9+. The fourth-order valence-electron chi connectivity index (χ4n) is 2.82. The summed E-state index contributed by atoms with van der Waals surface area (Å²) in [5.74, 6) is -2.60. The van der Waals surface area contributed by atoms with E-state index in [1.807, 2.05) is 0 Å². The number of rotatable bonds is 7. The molecule has 0 saturated heterocycles. The zero-order valence-electron chi connectivity index (χ0n) is 15.9. The molecule has 1 aromatic rings. The lowest BCUT2D eigenvalue weighted by atomic mass is 10.1. The molecule has 0 fully saturated rings. The number of aryl methyl sites for hydroxylation is 1. The van der Waals surface area contributed by atoms with E-state index < -0.39 is 30.4 Å². The summed E-state index contributed by atoms with van der Waals surface area (Å²) in [6.07, 6.45) is 6.54. The van der Waals surface area contributed by atoms with E-state index in [2.05, 4.69) is 10.1 Å². The molecule has 28 heavy (non-hydrogen) atoms. The first kappa shape index (κ1) is 21.6. The molecule has 0 aromatic carbocycles. The minimum Gasteiger partial charge on any atom is -0.465 e. The molecule has 1 aliphatic carbocycles. The van der Waals surface area contributed by atoms with Crippen LogP contribution in [0.15, 0.2) is 12.2 Å². The quantitative estimate of drug-likeness (QED) is 0.319. The zero-order valence-corrected chi connectivity index (χ0v) is 16.7. The lowest BCUT2D eigenvalue weighted by molar-refractivity contribution is -0.143. The molecule has 1 aromatic heterocycles. The molecule has 1 amide bonds. The molecule has 0 aliphatic heterocycles. The average molecular weight is 409 g/mol. The molecular weight excluding hydrogens is 386 g/mol. The van der Waals surface area contributed by atoms with Crippen molar-refractivity contribution in [1.29, 1.82) is 0 Å². The van der Waals surface area contributed by atoms with E-state index in [1.54, 1.807) is 6.92 Å². The molecule has 0 unspecified atom stereocenters. The van der Waals surface area contributed by atoms with Crippen molar-refractivity contribution in [1.82, 2.24) is 0 Å². The van der Waals surface area contributed by atoms with Crippen LogP contribution in [0.1, 0.15) is 47.0 Å². The maximum Gasteiger partial charge on any atom is 0.341 e. The van der Waals surface area contributed by atoms with E-state index in [9.17, 15) is 19.2 Å². The molecule has 0 spiro atoms. The highest BCUT2D eigenvalue weighted by Crippen LogP contribution is 2.37. The Hall–Kier alpha value is -2.68. The maximum absolute atomic E-state index is 12.2. The smallest absolute Gasteiger partial charge is 0.341 e. The number of hydrogen-bond donors (Lipinski definition) is 1. The Labute approximate surface area is 166 Å². The average Bonchev–Trinajstić information content (AvgIpc) is 2.84. The van der Waals surface area contributed by atoms with Crippen LogP contribution in [0.2, 0.25) is 0 Å². The van der Waals surface area contributed by atoms with Crippen LogP contribution < -0.4 is 5.32 Å². The highest BCUT2D eigenvalue weighted by Gasteiger charge is 2.26. The van der Waals surface area contributed by atoms with Gasteiger partial charge in [-0.1, -0.05) is 6.42 Å². The molecule has 152 valence electrons. The number of esters is 3. The summed E-state index contributed by atoms with van der Waals surface area (Å²) in [6.45, 7) is 1.28. The fraction of sp³-hybridized carbons (Fsp3) is 0.474. The number of hydrogen-bond acceptors (Lipinski definition) is 8. The van der Waals surface area contributed by atoms with Crippen LogP contribution >= 0.6 is 11.3 Å². The van der Waals surface area contributed by atoms with Gasteiger partial charge in [0.1, 0.15) is 5.00 Å². The van der Waals surface area contributed by atoms with Gasteiger partial charge in [0.05, 0.1) is 19.3 Å². The van der Waals surface area contributed by atoms with Crippen LogP contribution in [0.3, 0.4) is 0 Å². The van der Waals surface area contributed by atoms with E-state index in [4.69, 9.17) is 9.47 Å². The van der Waals surface area contributed by atoms with Crippen LogP contribution in [-0.4, -0.2) is 44.1 Å². The molecule has 1 N–H and O–H groups in total. The second kappa shape index (κ2) is 10.6. The maximum atomic E-state index is 12.2. The number of nitrogens with one attached hydrogen (secondary N) is 1. The number of fused-ring (bicyclic) bond motifs is 1. The van der Waals surface area contributed by atoms with Crippen LogP contribution in [0.5, 0.6) is 0 Å². The number of methoxy groups -OCH3 is 1. The summed E-state index contributed by atoms with van der Waals surface area (Å²) in [5, 5.41) is 3.03. The molecular formula is C19H23NO7S. The zero-order chi connectivity index (χ0) is 20.5. The molecule has 0 atom stereocenters. The first-order valence-electron chi connectivity index (χ1n) is 9.00. The second-order valence-electron chi connectivity index (χ2n) is 6.00. The first-order chi connectivity index (χ1) is 13.5. The predicted molar refractivity (Wildman–Crippen MR) is 102 cm³/mol. The SMILES string of the molecule is CCOC(=O)/C=C/C(=O)OCC(=O)Nc1sc2c(c1C(=O)OC)CCCCC2. The number of amides is 1. The van der Waals surface area contributed by atoms with Gasteiger partial charge in [-0.2, -0.15) is 0 Å². The third kappa shape index (κ3) is 5.91. The van der Waals surface area contributed by atoms with Gasteiger partial charge in [0.25, 0.3) is 5.91 Å². The highest BCUT2D eigenvalue weighted by atomic mass is 32.1. The molecule has 1 heterocycles. The van der Waals surface area contributed by atoms with Crippen molar-refractivity contribution in [2.45, 2.75) is 39.0 Å². The number of thiophene rings is 1. The normalized spacial score (nSPS) is 13.4. The monoisotopic (exact) mass is 409 g/mol. The number of carbonyl (C=O) groups excluding carboxylic acids is 4. The summed E-state index contributed by atoms with van der Waals surface area (Å²) in [4.78, 5) is 48.1. The Balaban J connectivity index is 2.01. The van der Waals surface area contributed by atoms with Crippen molar-refractivity contribution in [3.8, 4) is 0 Å². The minimum absolute atomic E-state index is 0.188. The third-order valence-corrected chi connectivity index (χ3v) is 5.26. The van der Waals surface area contributed by atoms with E-state index in [1.165, 1.54) is 18.4 Å². The Morgan fingerprint density at radius 2 is 1.71 bits per heavy atom. The molecule has 8 nitrogen and oxygen atoms in total. The molecule has 9 heteroatoms. The molecule has 2 rings (SSSR count). The van der Waals surface area contributed by atoms with E-state index >= 15 is 0 Å². The second-order valence-corrected chi connectivity index (χ2v) is 7.11. The number of anilines is 1. The topological polar surface area (TPSA) is 108 Å². The van der Waals surface area contributed by atoms with Crippen molar-refractivity contribution < 1.29 is 33.4 Å². The highest BCUT2D eigenvalue weighted by molar-refractivity contribution is 7.17. The van der Waals surface area contributed by atoms with Crippen molar-refractivity contribution in [3.05, 3.63) is 28.2 Å². The van der Waals surface area contributed by atoms with Gasteiger partial charge in [-0.25, -0.2) is 14.4 Å². The summed E-state index contributed by atoms with van der Waals surface area (Å²) >= 11 is 1.35. The minimum atomic E-state index is -0.849. The summed E-state index contributed by atoms with van der Waals surface area (Å²) in [7, 11) is 1.30.